The molecule has 0 bridgehead atoms. The number of hydrogen-bond donors (Lipinski definition) is 2. The molecule has 0 radical (unpaired) electrons. The second kappa shape index (κ2) is 5.71. The number of hydrogen-bond acceptors (Lipinski definition) is 3. The van der Waals surface area contributed by atoms with Gasteiger partial charge >= 0.3 is 0 Å². The fraction of sp³-hybridized carbons (Fsp3) is 0.538. The molecule has 1 atom stereocenters. The summed E-state index contributed by atoms with van der Waals surface area (Å²) < 4.78 is 5.55. The summed E-state index contributed by atoms with van der Waals surface area (Å²) in [6, 6.07) is 5.51. The molecule has 3 N–H and O–H groups in total. The van der Waals surface area contributed by atoms with E-state index in [1.807, 2.05) is 32.9 Å². The van der Waals surface area contributed by atoms with E-state index in [4.69, 9.17) is 27.2 Å². The van der Waals surface area contributed by atoms with Crippen LogP contribution in [0.2, 0.25) is 5.02 Å². The highest BCUT2D eigenvalue weighted by molar-refractivity contribution is 6.32. The normalized spacial score (nSPS) is 14.8. The van der Waals surface area contributed by atoms with Crippen LogP contribution in [0.1, 0.15) is 32.8 Å². The van der Waals surface area contributed by atoms with Crippen molar-refractivity contribution in [3.63, 3.8) is 0 Å². The van der Waals surface area contributed by atoms with Gasteiger partial charge in [0, 0.05) is 12.1 Å². The van der Waals surface area contributed by atoms with E-state index in [1.54, 1.807) is 6.07 Å². The van der Waals surface area contributed by atoms with Crippen LogP contribution in [-0.4, -0.2) is 17.8 Å². The summed E-state index contributed by atoms with van der Waals surface area (Å²) in [4.78, 5) is 0. The average molecular weight is 258 g/mol. The summed E-state index contributed by atoms with van der Waals surface area (Å²) in [5, 5.41) is 9.52. The average Bonchev–Trinajstić information content (AvgIpc) is 2.20. The van der Waals surface area contributed by atoms with Crippen LogP contribution >= 0.6 is 11.6 Å². The fourth-order valence-electron chi connectivity index (χ4n) is 1.58. The zero-order chi connectivity index (χ0) is 13.1. The molecule has 0 spiro atoms. The van der Waals surface area contributed by atoms with Crippen LogP contribution in [0, 0.1) is 0 Å². The van der Waals surface area contributed by atoms with E-state index in [2.05, 4.69) is 0 Å². The first-order chi connectivity index (χ1) is 7.86. The molecule has 96 valence electrons. The summed E-state index contributed by atoms with van der Waals surface area (Å²) in [7, 11) is 0. The van der Waals surface area contributed by atoms with Crippen LogP contribution in [0.25, 0.3) is 0 Å². The standard InChI is InChI=1S/C13H20ClNO2/c1-9(2)17-12-5-4-10(8-11(12)14)13(3,15)6-7-16/h4-5,8-9,16H,6-7,15H2,1-3H3. The fourth-order valence-corrected chi connectivity index (χ4v) is 1.81. The van der Waals surface area contributed by atoms with Crippen molar-refractivity contribution >= 4 is 11.6 Å². The Morgan fingerprint density at radius 3 is 2.59 bits per heavy atom. The Morgan fingerprint density at radius 1 is 1.47 bits per heavy atom. The second-order valence-electron chi connectivity index (χ2n) is 4.70. The number of nitrogens with two attached hydrogens (primary N) is 1. The molecule has 0 aliphatic heterocycles. The van der Waals surface area contributed by atoms with Crippen molar-refractivity contribution in [1.82, 2.24) is 0 Å². The van der Waals surface area contributed by atoms with Crippen molar-refractivity contribution in [3.05, 3.63) is 28.8 Å². The number of aliphatic hydroxyl groups excluding tert-OH is 1. The minimum Gasteiger partial charge on any atom is -0.489 e. The molecule has 1 unspecified atom stereocenters. The first-order valence-corrected chi connectivity index (χ1v) is 6.11. The van der Waals surface area contributed by atoms with Gasteiger partial charge in [-0.2, -0.15) is 0 Å². The molecule has 1 aromatic rings. The topological polar surface area (TPSA) is 55.5 Å². The summed E-state index contributed by atoms with van der Waals surface area (Å²) >= 11 is 6.14. The number of aliphatic hydroxyl groups is 1. The molecule has 0 saturated carbocycles. The van der Waals surface area contributed by atoms with Crippen LogP contribution in [0.15, 0.2) is 18.2 Å². The van der Waals surface area contributed by atoms with Gasteiger partial charge in [-0.25, -0.2) is 0 Å². The van der Waals surface area contributed by atoms with Gasteiger partial charge < -0.3 is 15.6 Å². The molecule has 1 rings (SSSR count). The Balaban J connectivity index is 2.95. The Hall–Kier alpha value is -0.770. The Bertz CT molecular complexity index is 378. The summed E-state index contributed by atoms with van der Waals surface area (Å²) in [6.45, 7) is 5.82. The highest BCUT2D eigenvalue weighted by Gasteiger charge is 2.21. The van der Waals surface area contributed by atoms with Gasteiger partial charge in [0.1, 0.15) is 5.75 Å². The maximum atomic E-state index is 8.97. The number of halogens is 1. The number of benzene rings is 1. The molecule has 3 nitrogen and oxygen atoms in total. The van der Waals surface area contributed by atoms with E-state index < -0.39 is 5.54 Å². The van der Waals surface area contributed by atoms with E-state index in [-0.39, 0.29) is 12.7 Å². The third kappa shape index (κ3) is 3.87. The molecule has 4 heteroatoms. The summed E-state index contributed by atoms with van der Waals surface area (Å²) in [6.07, 6.45) is 0.577. The molecule has 17 heavy (non-hydrogen) atoms. The number of ether oxygens (including phenoxy) is 1. The van der Waals surface area contributed by atoms with Crippen molar-refractivity contribution < 1.29 is 9.84 Å². The lowest BCUT2D eigenvalue weighted by molar-refractivity contribution is 0.241. The molecule has 0 aromatic heterocycles. The number of rotatable bonds is 5. The van der Waals surface area contributed by atoms with Gasteiger partial charge in [0.05, 0.1) is 11.1 Å². The molecule has 0 heterocycles. The van der Waals surface area contributed by atoms with Crippen molar-refractivity contribution in [2.75, 3.05) is 6.61 Å². The van der Waals surface area contributed by atoms with Crippen LogP contribution in [0.3, 0.4) is 0 Å². The third-order valence-corrected chi connectivity index (χ3v) is 2.88. The summed E-state index contributed by atoms with van der Waals surface area (Å²) in [5.41, 5.74) is 6.43. The van der Waals surface area contributed by atoms with Gasteiger partial charge in [-0.3, -0.25) is 0 Å². The molecule has 0 fully saturated rings. The van der Waals surface area contributed by atoms with E-state index in [1.165, 1.54) is 0 Å². The smallest absolute Gasteiger partial charge is 0.138 e. The molecule has 0 aliphatic rings. The molecular weight excluding hydrogens is 238 g/mol. The third-order valence-electron chi connectivity index (χ3n) is 2.59. The monoisotopic (exact) mass is 257 g/mol. The quantitative estimate of drug-likeness (QED) is 0.853. The van der Waals surface area contributed by atoms with Crippen LogP contribution in [0.5, 0.6) is 5.75 Å². The summed E-state index contributed by atoms with van der Waals surface area (Å²) in [5.74, 6) is 0.658. The first kappa shape index (κ1) is 14.3. The maximum Gasteiger partial charge on any atom is 0.138 e. The molecule has 1 aromatic carbocycles. The largest absolute Gasteiger partial charge is 0.489 e. The minimum atomic E-state index is -0.575. The lowest BCUT2D eigenvalue weighted by Crippen LogP contribution is -2.34. The van der Waals surface area contributed by atoms with Gasteiger partial charge in [-0.15, -0.1) is 0 Å². The van der Waals surface area contributed by atoms with E-state index in [9.17, 15) is 0 Å². The van der Waals surface area contributed by atoms with Crippen LogP contribution in [0.4, 0.5) is 0 Å². The van der Waals surface area contributed by atoms with Crippen LogP contribution in [-0.2, 0) is 5.54 Å². The Morgan fingerprint density at radius 2 is 2.12 bits per heavy atom. The van der Waals surface area contributed by atoms with E-state index >= 15 is 0 Å². The van der Waals surface area contributed by atoms with Gasteiger partial charge in [0.15, 0.2) is 0 Å². The second-order valence-corrected chi connectivity index (χ2v) is 5.11. The molecular formula is C13H20ClNO2. The lowest BCUT2D eigenvalue weighted by Gasteiger charge is -2.25. The zero-order valence-corrected chi connectivity index (χ0v) is 11.3. The zero-order valence-electron chi connectivity index (χ0n) is 10.5. The van der Waals surface area contributed by atoms with Crippen molar-refractivity contribution in [2.45, 2.75) is 38.8 Å². The Kier molecular flexibility index (Phi) is 4.80. The Labute approximate surface area is 108 Å². The molecule has 0 saturated heterocycles. The van der Waals surface area contributed by atoms with Gasteiger partial charge in [0.2, 0.25) is 0 Å². The van der Waals surface area contributed by atoms with E-state index in [0.29, 0.717) is 17.2 Å². The lowest BCUT2D eigenvalue weighted by atomic mass is 9.90. The highest BCUT2D eigenvalue weighted by Crippen LogP contribution is 2.31. The van der Waals surface area contributed by atoms with Crippen molar-refractivity contribution in [1.29, 1.82) is 0 Å². The molecule has 0 amide bonds. The van der Waals surface area contributed by atoms with Crippen molar-refractivity contribution in [2.24, 2.45) is 5.73 Å². The molecule has 0 aliphatic carbocycles. The maximum absolute atomic E-state index is 8.97. The van der Waals surface area contributed by atoms with Gasteiger partial charge in [0.25, 0.3) is 0 Å². The first-order valence-electron chi connectivity index (χ1n) is 5.73. The SMILES string of the molecule is CC(C)Oc1ccc(C(C)(N)CCO)cc1Cl. The van der Waals surface area contributed by atoms with Gasteiger partial charge in [-0.05, 0) is 44.9 Å². The highest BCUT2D eigenvalue weighted by atomic mass is 35.5. The van der Waals surface area contributed by atoms with Crippen LogP contribution < -0.4 is 10.5 Å². The van der Waals surface area contributed by atoms with Gasteiger partial charge in [-0.1, -0.05) is 17.7 Å². The van der Waals surface area contributed by atoms with Crippen molar-refractivity contribution in [3.8, 4) is 5.75 Å². The predicted octanol–water partition coefficient (Wildman–Crippen LogP) is 2.68. The predicted molar refractivity (Wildman–Crippen MR) is 70.5 cm³/mol. The van der Waals surface area contributed by atoms with E-state index in [0.717, 1.165) is 5.56 Å². The minimum absolute atomic E-state index is 0.0505.